The van der Waals surface area contributed by atoms with Crippen molar-refractivity contribution in [3.63, 3.8) is 0 Å². The lowest BCUT2D eigenvalue weighted by atomic mass is 9.85. The number of hydrogen-bond donors (Lipinski definition) is 0. The fourth-order valence-electron chi connectivity index (χ4n) is 3.57. The highest BCUT2D eigenvalue weighted by Gasteiger charge is 2.26. The van der Waals surface area contributed by atoms with Crippen molar-refractivity contribution in [1.29, 1.82) is 0 Å². The van der Waals surface area contributed by atoms with Crippen LogP contribution in [0.2, 0.25) is 0 Å². The minimum absolute atomic E-state index is 0.592. The first kappa shape index (κ1) is 13.9. The van der Waals surface area contributed by atoms with Gasteiger partial charge in [0.1, 0.15) is 5.82 Å². The molecule has 0 spiro atoms. The van der Waals surface area contributed by atoms with Crippen molar-refractivity contribution < 1.29 is 0 Å². The van der Waals surface area contributed by atoms with Crippen molar-refractivity contribution >= 4 is 22.6 Å². The van der Waals surface area contributed by atoms with E-state index in [1.807, 2.05) is 0 Å². The van der Waals surface area contributed by atoms with Gasteiger partial charge in [-0.1, -0.05) is 25.8 Å². The molecule has 1 aromatic carbocycles. The second-order valence-corrected chi connectivity index (χ2v) is 6.54. The lowest BCUT2D eigenvalue weighted by molar-refractivity contribution is 0.258. The Morgan fingerprint density at radius 2 is 2.10 bits per heavy atom. The van der Waals surface area contributed by atoms with Crippen LogP contribution in [0.25, 0.3) is 11.0 Å². The Bertz CT molecular complexity index is 602. The van der Waals surface area contributed by atoms with Gasteiger partial charge in [0.05, 0.1) is 11.0 Å². The normalized spacial score (nSPS) is 23.4. The number of nitrogens with zero attached hydrogens (tertiary/aromatic N) is 2. The highest BCUT2D eigenvalue weighted by atomic mass is 35.5. The first-order valence-electron chi connectivity index (χ1n) is 7.74. The van der Waals surface area contributed by atoms with E-state index >= 15 is 0 Å². The molecule has 1 aliphatic rings. The summed E-state index contributed by atoms with van der Waals surface area (Å²) in [5, 5.41) is 0. The van der Waals surface area contributed by atoms with Crippen LogP contribution in [0.15, 0.2) is 18.2 Å². The van der Waals surface area contributed by atoms with Crippen molar-refractivity contribution in [1.82, 2.24) is 9.55 Å². The summed E-state index contributed by atoms with van der Waals surface area (Å²) in [5.41, 5.74) is 3.69. The van der Waals surface area contributed by atoms with Gasteiger partial charge in [-0.3, -0.25) is 0 Å². The Labute approximate surface area is 126 Å². The van der Waals surface area contributed by atoms with Crippen molar-refractivity contribution in [2.75, 3.05) is 5.88 Å². The molecule has 0 N–H and O–H groups in total. The molecule has 1 fully saturated rings. The standard InChI is InChI=1S/C17H23ClN2/c1-12-7-8-16-14(11-12)19-17(9-10-18)20(16)15-6-4-3-5-13(15)2/h7-8,11,13,15H,3-6,9-10H2,1-2H3. The number of rotatable bonds is 3. The summed E-state index contributed by atoms with van der Waals surface area (Å²) in [4.78, 5) is 4.85. The van der Waals surface area contributed by atoms with Gasteiger partial charge < -0.3 is 4.57 Å². The van der Waals surface area contributed by atoms with Crippen LogP contribution in [0, 0.1) is 12.8 Å². The molecule has 0 amide bonds. The molecule has 1 aromatic heterocycles. The minimum atomic E-state index is 0.592. The average Bonchev–Trinajstić information content (AvgIpc) is 2.77. The largest absolute Gasteiger partial charge is 0.325 e. The molecule has 1 saturated carbocycles. The number of halogens is 1. The Morgan fingerprint density at radius 1 is 1.30 bits per heavy atom. The third-order valence-electron chi connectivity index (χ3n) is 4.63. The van der Waals surface area contributed by atoms with Crippen molar-refractivity contribution in [3.05, 3.63) is 29.6 Å². The molecule has 20 heavy (non-hydrogen) atoms. The molecule has 108 valence electrons. The molecule has 2 atom stereocenters. The SMILES string of the molecule is Cc1ccc2c(c1)nc(CCCl)n2C1CCCCC1C. The van der Waals surface area contributed by atoms with E-state index in [2.05, 4.69) is 36.6 Å². The zero-order valence-electron chi connectivity index (χ0n) is 12.4. The van der Waals surface area contributed by atoms with Crippen LogP contribution in [-0.2, 0) is 6.42 Å². The van der Waals surface area contributed by atoms with Crippen LogP contribution in [0.5, 0.6) is 0 Å². The first-order valence-corrected chi connectivity index (χ1v) is 8.27. The molecule has 1 aliphatic carbocycles. The van der Waals surface area contributed by atoms with Crippen molar-refractivity contribution in [3.8, 4) is 0 Å². The summed E-state index contributed by atoms with van der Waals surface area (Å²) < 4.78 is 2.49. The number of imidazole rings is 1. The third-order valence-corrected chi connectivity index (χ3v) is 4.82. The van der Waals surface area contributed by atoms with Crippen LogP contribution in [0.3, 0.4) is 0 Å². The van der Waals surface area contributed by atoms with Gasteiger partial charge in [-0.15, -0.1) is 11.6 Å². The quantitative estimate of drug-likeness (QED) is 0.737. The third kappa shape index (κ3) is 2.46. The Hall–Kier alpha value is -1.02. The van der Waals surface area contributed by atoms with E-state index in [1.165, 1.54) is 42.6 Å². The Morgan fingerprint density at radius 3 is 2.85 bits per heavy atom. The summed E-state index contributed by atoms with van der Waals surface area (Å²) in [6, 6.07) is 7.21. The lowest BCUT2D eigenvalue weighted by Gasteiger charge is -2.31. The van der Waals surface area contributed by atoms with Gasteiger partial charge in [0.25, 0.3) is 0 Å². The highest BCUT2D eigenvalue weighted by Crippen LogP contribution is 2.37. The molecule has 2 unspecified atom stereocenters. The van der Waals surface area contributed by atoms with Crippen LogP contribution in [0.1, 0.15) is 50.0 Å². The molecule has 1 heterocycles. The van der Waals surface area contributed by atoms with E-state index in [0.717, 1.165) is 17.9 Å². The van der Waals surface area contributed by atoms with E-state index < -0.39 is 0 Å². The maximum atomic E-state index is 5.99. The Balaban J connectivity index is 2.12. The van der Waals surface area contributed by atoms with Crippen LogP contribution in [-0.4, -0.2) is 15.4 Å². The van der Waals surface area contributed by atoms with Crippen LogP contribution >= 0.6 is 11.6 Å². The first-order chi connectivity index (χ1) is 9.70. The second-order valence-electron chi connectivity index (χ2n) is 6.16. The minimum Gasteiger partial charge on any atom is -0.325 e. The summed E-state index contributed by atoms with van der Waals surface area (Å²) in [6.07, 6.45) is 6.17. The predicted molar refractivity (Wildman–Crippen MR) is 85.6 cm³/mol. The lowest BCUT2D eigenvalue weighted by Crippen LogP contribution is -2.23. The zero-order chi connectivity index (χ0) is 14.1. The van der Waals surface area contributed by atoms with E-state index in [1.54, 1.807) is 0 Å². The number of aromatic nitrogens is 2. The predicted octanol–water partition coefficient (Wildman–Crippen LogP) is 4.88. The monoisotopic (exact) mass is 290 g/mol. The topological polar surface area (TPSA) is 17.8 Å². The van der Waals surface area contributed by atoms with Gasteiger partial charge in [0.2, 0.25) is 0 Å². The van der Waals surface area contributed by atoms with Gasteiger partial charge in [0, 0.05) is 18.3 Å². The van der Waals surface area contributed by atoms with Gasteiger partial charge >= 0.3 is 0 Å². The number of hydrogen-bond acceptors (Lipinski definition) is 1. The van der Waals surface area contributed by atoms with Crippen LogP contribution in [0.4, 0.5) is 0 Å². The molecular formula is C17H23ClN2. The Kier molecular flexibility index (Phi) is 4.02. The van der Waals surface area contributed by atoms with Crippen molar-refractivity contribution in [2.45, 2.75) is 52.0 Å². The molecular weight excluding hydrogens is 268 g/mol. The number of alkyl halides is 1. The summed E-state index contributed by atoms with van der Waals surface area (Å²) in [5.74, 6) is 2.54. The average molecular weight is 291 g/mol. The molecule has 0 bridgehead atoms. The molecule has 0 aliphatic heterocycles. The fraction of sp³-hybridized carbons (Fsp3) is 0.588. The number of aryl methyl sites for hydroxylation is 2. The molecule has 0 saturated heterocycles. The van der Waals surface area contributed by atoms with E-state index in [4.69, 9.17) is 16.6 Å². The summed E-state index contributed by atoms with van der Waals surface area (Å²) in [6.45, 7) is 4.51. The van der Waals surface area contributed by atoms with Gasteiger partial charge in [-0.2, -0.15) is 0 Å². The van der Waals surface area contributed by atoms with E-state index in [0.29, 0.717) is 11.9 Å². The van der Waals surface area contributed by atoms with Crippen LogP contribution < -0.4 is 0 Å². The van der Waals surface area contributed by atoms with E-state index in [-0.39, 0.29) is 0 Å². The molecule has 3 heteroatoms. The summed E-state index contributed by atoms with van der Waals surface area (Å²) in [7, 11) is 0. The maximum absolute atomic E-state index is 5.99. The van der Waals surface area contributed by atoms with Gasteiger partial charge in [-0.25, -0.2) is 4.98 Å². The smallest absolute Gasteiger partial charge is 0.111 e. The number of fused-ring (bicyclic) bond motifs is 1. The molecule has 3 rings (SSSR count). The summed E-state index contributed by atoms with van der Waals surface area (Å²) >= 11 is 5.99. The van der Waals surface area contributed by atoms with Crippen molar-refractivity contribution in [2.24, 2.45) is 5.92 Å². The second kappa shape index (κ2) is 5.77. The highest BCUT2D eigenvalue weighted by molar-refractivity contribution is 6.17. The fourth-order valence-corrected chi connectivity index (χ4v) is 3.74. The molecule has 2 aromatic rings. The van der Waals surface area contributed by atoms with Gasteiger partial charge in [0.15, 0.2) is 0 Å². The maximum Gasteiger partial charge on any atom is 0.111 e. The molecule has 2 nitrogen and oxygen atoms in total. The van der Waals surface area contributed by atoms with Gasteiger partial charge in [-0.05, 0) is 43.4 Å². The number of benzene rings is 1. The molecule has 0 radical (unpaired) electrons. The van der Waals surface area contributed by atoms with E-state index in [9.17, 15) is 0 Å². The zero-order valence-corrected chi connectivity index (χ0v) is 13.2.